The van der Waals surface area contributed by atoms with Crippen molar-refractivity contribution in [2.24, 2.45) is 0 Å². The first-order chi connectivity index (χ1) is 15.2. The largest absolute Gasteiger partial charge is 0.488 e. The average Bonchev–Trinajstić information content (AvgIpc) is 2.82. The van der Waals surface area contributed by atoms with Gasteiger partial charge in [-0.2, -0.15) is 0 Å². The molecule has 0 radical (unpaired) electrons. The molecule has 154 valence electrons. The van der Waals surface area contributed by atoms with Crippen LogP contribution in [-0.2, 0) is 16.1 Å². The van der Waals surface area contributed by atoms with E-state index in [0.717, 1.165) is 16.3 Å². The summed E-state index contributed by atoms with van der Waals surface area (Å²) >= 11 is 0. The molecule has 5 heteroatoms. The molecule has 0 atom stereocenters. The molecular weight excluding hydrogens is 390 g/mol. The maximum Gasteiger partial charge on any atom is 0.342 e. The number of esters is 1. The van der Waals surface area contributed by atoms with E-state index in [2.05, 4.69) is 5.32 Å². The minimum absolute atomic E-state index is 0.275. The molecule has 4 aromatic rings. The topological polar surface area (TPSA) is 64.6 Å². The lowest BCUT2D eigenvalue weighted by Gasteiger charge is -2.11. The van der Waals surface area contributed by atoms with Crippen LogP contribution in [0.15, 0.2) is 97.1 Å². The summed E-state index contributed by atoms with van der Waals surface area (Å²) in [5, 5.41) is 4.85. The molecule has 0 aliphatic heterocycles. The van der Waals surface area contributed by atoms with Gasteiger partial charge in [0.2, 0.25) is 0 Å². The summed E-state index contributed by atoms with van der Waals surface area (Å²) in [5.41, 5.74) is 1.91. The highest BCUT2D eigenvalue weighted by atomic mass is 16.5. The fraction of sp³-hybridized carbons (Fsp3) is 0.0769. The third-order valence-electron chi connectivity index (χ3n) is 4.71. The number of rotatable bonds is 7. The van der Waals surface area contributed by atoms with Crippen LogP contribution in [-0.4, -0.2) is 18.5 Å². The van der Waals surface area contributed by atoms with Crippen LogP contribution >= 0.6 is 0 Å². The highest BCUT2D eigenvalue weighted by Crippen LogP contribution is 2.21. The van der Waals surface area contributed by atoms with Crippen LogP contribution in [0, 0.1) is 0 Å². The minimum atomic E-state index is -0.614. The molecule has 0 saturated carbocycles. The predicted molar refractivity (Wildman–Crippen MR) is 120 cm³/mol. The van der Waals surface area contributed by atoms with E-state index in [1.165, 1.54) is 0 Å². The molecule has 5 nitrogen and oxygen atoms in total. The molecule has 0 bridgehead atoms. The van der Waals surface area contributed by atoms with E-state index in [0.29, 0.717) is 18.0 Å². The Kier molecular flexibility index (Phi) is 6.24. The Balaban J connectivity index is 1.35. The molecule has 0 unspecified atom stereocenters. The van der Waals surface area contributed by atoms with Crippen LogP contribution in [0.1, 0.15) is 15.9 Å². The fourth-order valence-corrected chi connectivity index (χ4v) is 3.17. The highest BCUT2D eigenvalue weighted by Gasteiger charge is 2.15. The van der Waals surface area contributed by atoms with Gasteiger partial charge in [0, 0.05) is 5.69 Å². The number of carbonyl (C=O) groups excluding carboxylic acids is 2. The average molecular weight is 411 g/mol. The standard InChI is InChI=1S/C26H21NO4/c28-25(27-22-15-14-20-10-4-5-11-21(20)16-22)18-31-26(29)23-12-6-7-13-24(23)30-17-19-8-2-1-3-9-19/h1-16H,17-18H2,(H,27,28). The zero-order valence-corrected chi connectivity index (χ0v) is 16.8. The van der Waals surface area contributed by atoms with E-state index in [-0.39, 0.29) is 5.56 Å². The molecule has 4 aromatic carbocycles. The quantitative estimate of drug-likeness (QED) is 0.424. The normalized spacial score (nSPS) is 10.5. The summed E-state index contributed by atoms with van der Waals surface area (Å²) in [6.07, 6.45) is 0. The summed E-state index contributed by atoms with van der Waals surface area (Å²) in [6, 6.07) is 30.0. The smallest absolute Gasteiger partial charge is 0.342 e. The number of para-hydroxylation sites is 1. The molecule has 31 heavy (non-hydrogen) atoms. The fourth-order valence-electron chi connectivity index (χ4n) is 3.17. The van der Waals surface area contributed by atoms with Crippen LogP contribution in [0.5, 0.6) is 5.75 Å². The monoisotopic (exact) mass is 411 g/mol. The van der Waals surface area contributed by atoms with E-state index in [9.17, 15) is 9.59 Å². The van der Waals surface area contributed by atoms with E-state index < -0.39 is 18.5 Å². The van der Waals surface area contributed by atoms with E-state index in [4.69, 9.17) is 9.47 Å². The molecule has 0 aliphatic rings. The van der Waals surface area contributed by atoms with E-state index >= 15 is 0 Å². The third kappa shape index (κ3) is 5.28. The van der Waals surface area contributed by atoms with Gasteiger partial charge in [-0.1, -0.05) is 72.8 Å². The summed E-state index contributed by atoms with van der Waals surface area (Å²) in [6.45, 7) is -0.0632. The second-order valence-electron chi connectivity index (χ2n) is 6.96. The van der Waals surface area contributed by atoms with Crippen LogP contribution in [0.25, 0.3) is 10.8 Å². The zero-order chi connectivity index (χ0) is 21.5. The maximum absolute atomic E-state index is 12.5. The molecule has 0 spiro atoms. The second-order valence-corrected chi connectivity index (χ2v) is 6.96. The van der Waals surface area contributed by atoms with Crippen LogP contribution in [0.2, 0.25) is 0 Å². The Morgan fingerprint density at radius 1 is 0.742 bits per heavy atom. The Morgan fingerprint density at radius 2 is 1.45 bits per heavy atom. The van der Waals surface area contributed by atoms with Crippen molar-refractivity contribution in [1.82, 2.24) is 0 Å². The first-order valence-corrected chi connectivity index (χ1v) is 9.90. The van der Waals surface area contributed by atoms with Gasteiger partial charge in [0.05, 0.1) is 0 Å². The van der Waals surface area contributed by atoms with Gasteiger partial charge in [-0.05, 0) is 40.6 Å². The van der Waals surface area contributed by atoms with Crippen LogP contribution in [0.3, 0.4) is 0 Å². The van der Waals surface area contributed by atoms with Crippen molar-refractivity contribution in [3.05, 3.63) is 108 Å². The SMILES string of the molecule is O=C(COC(=O)c1ccccc1OCc1ccccc1)Nc1ccc2ccccc2c1. The Hall–Kier alpha value is -4.12. The maximum atomic E-state index is 12.5. The first kappa shape index (κ1) is 20.2. The van der Waals surface area contributed by atoms with E-state index in [1.54, 1.807) is 24.3 Å². The number of fused-ring (bicyclic) bond motifs is 1. The lowest BCUT2D eigenvalue weighted by atomic mass is 10.1. The van der Waals surface area contributed by atoms with Crippen LogP contribution in [0.4, 0.5) is 5.69 Å². The number of hydrogen-bond acceptors (Lipinski definition) is 4. The first-order valence-electron chi connectivity index (χ1n) is 9.90. The molecule has 4 rings (SSSR count). The number of amides is 1. The second kappa shape index (κ2) is 9.59. The van der Waals surface area contributed by atoms with Crippen molar-refractivity contribution in [2.45, 2.75) is 6.61 Å². The molecule has 1 N–H and O–H groups in total. The summed E-state index contributed by atoms with van der Waals surface area (Å²) in [4.78, 5) is 24.8. The van der Waals surface area contributed by atoms with Gasteiger partial charge in [0.1, 0.15) is 17.9 Å². The van der Waals surface area contributed by atoms with Gasteiger partial charge in [0.25, 0.3) is 5.91 Å². The molecule has 1 amide bonds. The third-order valence-corrected chi connectivity index (χ3v) is 4.71. The number of nitrogens with one attached hydrogen (secondary N) is 1. The van der Waals surface area contributed by atoms with Crippen molar-refractivity contribution in [1.29, 1.82) is 0 Å². The van der Waals surface area contributed by atoms with Crippen molar-refractivity contribution >= 4 is 28.3 Å². The Bertz CT molecular complexity index is 1200. The molecule has 0 heterocycles. The van der Waals surface area contributed by atoms with Crippen LogP contribution < -0.4 is 10.1 Å². The summed E-state index contributed by atoms with van der Waals surface area (Å²) in [5.74, 6) is -0.616. The number of benzene rings is 4. The molecule has 0 fully saturated rings. The Morgan fingerprint density at radius 3 is 2.29 bits per heavy atom. The lowest BCUT2D eigenvalue weighted by Crippen LogP contribution is -2.21. The number of ether oxygens (including phenoxy) is 2. The predicted octanol–water partition coefficient (Wildman–Crippen LogP) is 5.21. The number of anilines is 1. The Labute approximate surface area is 180 Å². The summed E-state index contributed by atoms with van der Waals surface area (Å²) in [7, 11) is 0. The minimum Gasteiger partial charge on any atom is -0.488 e. The number of hydrogen-bond donors (Lipinski definition) is 1. The van der Waals surface area contributed by atoms with Gasteiger partial charge >= 0.3 is 5.97 Å². The molecule has 0 saturated heterocycles. The van der Waals surface area contributed by atoms with E-state index in [1.807, 2.05) is 72.8 Å². The van der Waals surface area contributed by atoms with Gasteiger partial charge < -0.3 is 14.8 Å². The molecular formula is C26H21NO4. The highest BCUT2D eigenvalue weighted by molar-refractivity contribution is 5.98. The van der Waals surface area contributed by atoms with Crippen molar-refractivity contribution in [3.8, 4) is 5.75 Å². The van der Waals surface area contributed by atoms with Gasteiger partial charge in [-0.15, -0.1) is 0 Å². The van der Waals surface area contributed by atoms with Crippen molar-refractivity contribution < 1.29 is 19.1 Å². The van der Waals surface area contributed by atoms with Gasteiger partial charge in [-0.25, -0.2) is 4.79 Å². The summed E-state index contributed by atoms with van der Waals surface area (Å²) < 4.78 is 11.0. The van der Waals surface area contributed by atoms with Gasteiger partial charge in [0.15, 0.2) is 6.61 Å². The lowest BCUT2D eigenvalue weighted by molar-refractivity contribution is -0.119. The van der Waals surface area contributed by atoms with Crippen molar-refractivity contribution in [3.63, 3.8) is 0 Å². The van der Waals surface area contributed by atoms with Gasteiger partial charge in [-0.3, -0.25) is 4.79 Å². The van der Waals surface area contributed by atoms with Crippen molar-refractivity contribution in [2.75, 3.05) is 11.9 Å². The number of carbonyl (C=O) groups is 2. The molecule has 0 aliphatic carbocycles. The zero-order valence-electron chi connectivity index (χ0n) is 16.8. The molecule has 0 aromatic heterocycles.